The van der Waals surface area contributed by atoms with Gasteiger partial charge in [0.15, 0.2) is 0 Å². The fourth-order valence-corrected chi connectivity index (χ4v) is 4.81. The van der Waals surface area contributed by atoms with Crippen molar-refractivity contribution in [3.05, 3.63) is 72.3 Å². The van der Waals surface area contributed by atoms with E-state index in [2.05, 4.69) is 20.6 Å². The number of aromatic hydroxyl groups is 2. The van der Waals surface area contributed by atoms with E-state index in [4.69, 9.17) is 0 Å². The molecule has 1 saturated carbocycles. The Bertz CT molecular complexity index is 1350. The first-order chi connectivity index (χ1) is 17.2. The van der Waals surface area contributed by atoms with Crippen molar-refractivity contribution in [2.24, 2.45) is 10.8 Å². The van der Waals surface area contributed by atoms with Gasteiger partial charge in [0.05, 0.1) is 29.2 Å². The van der Waals surface area contributed by atoms with Crippen LogP contribution < -0.4 is 0 Å². The molecule has 1 aliphatic rings. The smallest absolute Gasteiger partial charge is 0.147 e. The maximum Gasteiger partial charge on any atom is 0.147 e. The van der Waals surface area contributed by atoms with Crippen molar-refractivity contribution in [3.8, 4) is 22.9 Å². The summed E-state index contributed by atoms with van der Waals surface area (Å²) in [6, 6.07) is 13.4. The number of aromatic nitrogens is 6. The van der Waals surface area contributed by atoms with Crippen LogP contribution in [-0.4, -0.2) is 51.8 Å². The Morgan fingerprint density at radius 3 is 1.58 bits per heavy atom. The van der Waals surface area contributed by atoms with Crippen molar-refractivity contribution in [3.63, 3.8) is 0 Å². The second kappa shape index (κ2) is 8.71. The van der Waals surface area contributed by atoms with Gasteiger partial charge in [0.2, 0.25) is 0 Å². The lowest BCUT2D eigenvalue weighted by atomic mass is 9.60. The zero-order chi connectivity index (χ0) is 25.5. The van der Waals surface area contributed by atoms with Crippen LogP contribution in [0.25, 0.3) is 11.4 Å². The summed E-state index contributed by atoms with van der Waals surface area (Å²) in [6.45, 7) is 3.82. The molecule has 36 heavy (non-hydrogen) atoms. The number of para-hydroxylation sites is 4. The molecule has 0 bridgehead atoms. The van der Waals surface area contributed by atoms with Gasteiger partial charge in [-0.25, -0.2) is 9.36 Å². The van der Waals surface area contributed by atoms with Crippen LogP contribution in [-0.2, 0) is 22.4 Å². The summed E-state index contributed by atoms with van der Waals surface area (Å²) >= 11 is 0. The van der Waals surface area contributed by atoms with Gasteiger partial charge in [-0.2, -0.15) is 0 Å². The number of nitrogens with zero attached hydrogens (tertiary/aromatic N) is 6. The highest BCUT2D eigenvalue weighted by Crippen LogP contribution is 2.44. The van der Waals surface area contributed by atoms with E-state index >= 15 is 0 Å². The Balaban J connectivity index is 1.50. The highest BCUT2D eigenvalue weighted by atomic mass is 16.3. The molecule has 0 unspecified atom stereocenters. The molecule has 184 valence electrons. The maximum atomic E-state index is 13.6. The van der Waals surface area contributed by atoms with Crippen molar-refractivity contribution < 1.29 is 19.8 Å². The zero-order valence-electron chi connectivity index (χ0n) is 20.0. The summed E-state index contributed by atoms with van der Waals surface area (Å²) in [7, 11) is 0. The number of ketones is 2. The van der Waals surface area contributed by atoms with Gasteiger partial charge < -0.3 is 10.2 Å². The number of benzene rings is 2. The van der Waals surface area contributed by atoms with Crippen LogP contribution >= 0.6 is 0 Å². The van der Waals surface area contributed by atoms with Gasteiger partial charge in [0, 0.05) is 25.7 Å². The Morgan fingerprint density at radius 1 is 0.750 bits per heavy atom. The molecular formula is C26H26N6O4. The van der Waals surface area contributed by atoms with E-state index < -0.39 is 10.8 Å². The number of Topliss-reactive ketones (excluding diaryl/α,β-unsaturated/α-hetero) is 2. The lowest BCUT2D eigenvalue weighted by Crippen LogP contribution is -2.50. The topological polar surface area (TPSA) is 136 Å². The molecule has 10 nitrogen and oxygen atoms in total. The first-order valence-corrected chi connectivity index (χ1v) is 11.6. The molecule has 0 amide bonds. The monoisotopic (exact) mass is 486 g/mol. The Kier molecular flexibility index (Phi) is 5.66. The molecule has 0 atom stereocenters. The number of phenols is 2. The second-order valence-corrected chi connectivity index (χ2v) is 10.1. The van der Waals surface area contributed by atoms with Crippen LogP contribution in [0.4, 0.5) is 0 Å². The van der Waals surface area contributed by atoms with E-state index in [0.29, 0.717) is 22.8 Å². The van der Waals surface area contributed by atoms with Gasteiger partial charge in [0.1, 0.15) is 34.4 Å². The van der Waals surface area contributed by atoms with E-state index in [9.17, 15) is 19.8 Å². The van der Waals surface area contributed by atoms with Crippen molar-refractivity contribution in [2.75, 3.05) is 0 Å². The molecule has 5 rings (SSSR count). The third-order valence-electron chi connectivity index (χ3n) is 6.65. The number of carbonyl (C=O) groups is 2. The summed E-state index contributed by atoms with van der Waals surface area (Å²) in [5.74, 6) is -0.261. The van der Waals surface area contributed by atoms with Crippen LogP contribution in [0.15, 0.2) is 60.9 Å². The molecular weight excluding hydrogens is 460 g/mol. The van der Waals surface area contributed by atoms with Gasteiger partial charge in [-0.05, 0) is 29.7 Å². The molecule has 1 fully saturated rings. The standard InChI is InChI=1S/C26H26N6O4/c1-25(2)13-23(35)26(24(36)14-25,11-17-15-31(29-27-17)19-7-3-5-9-21(19)33)12-18-16-32(30-28-18)20-8-4-6-10-22(20)34/h3-10,15-16,33-34H,11-14H2,1-2H3. The average molecular weight is 487 g/mol. The number of carbonyl (C=O) groups excluding carboxylic acids is 2. The van der Waals surface area contributed by atoms with Gasteiger partial charge in [-0.3, -0.25) is 9.59 Å². The van der Waals surface area contributed by atoms with E-state index in [-0.39, 0.29) is 48.7 Å². The van der Waals surface area contributed by atoms with Gasteiger partial charge in [-0.15, -0.1) is 10.2 Å². The minimum Gasteiger partial charge on any atom is -0.506 e. The molecule has 2 N–H and O–H groups in total. The second-order valence-electron chi connectivity index (χ2n) is 10.1. The molecule has 0 saturated heterocycles. The van der Waals surface area contributed by atoms with Crippen molar-refractivity contribution >= 4 is 11.6 Å². The molecule has 0 radical (unpaired) electrons. The summed E-state index contributed by atoms with van der Waals surface area (Å²) in [4.78, 5) is 27.2. The largest absolute Gasteiger partial charge is 0.506 e. The molecule has 2 heterocycles. The first-order valence-electron chi connectivity index (χ1n) is 11.6. The lowest BCUT2D eigenvalue weighted by molar-refractivity contribution is -0.148. The van der Waals surface area contributed by atoms with E-state index in [0.717, 1.165) is 0 Å². The van der Waals surface area contributed by atoms with Gasteiger partial charge in [0.25, 0.3) is 0 Å². The number of rotatable bonds is 6. The Labute approximate surface area is 207 Å². The molecule has 1 aliphatic carbocycles. The van der Waals surface area contributed by atoms with E-state index in [1.165, 1.54) is 9.36 Å². The van der Waals surface area contributed by atoms with E-state index in [1.54, 1.807) is 60.9 Å². The molecule has 10 heteroatoms. The molecule has 2 aromatic carbocycles. The highest BCUT2D eigenvalue weighted by molar-refractivity contribution is 6.10. The fraction of sp³-hybridized carbons (Fsp3) is 0.308. The summed E-state index contributed by atoms with van der Waals surface area (Å²) in [5, 5.41) is 37.0. The third-order valence-corrected chi connectivity index (χ3v) is 6.65. The summed E-state index contributed by atoms with van der Waals surface area (Å²) in [6.07, 6.45) is 3.85. The maximum absolute atomic E-state index is 13.6. The number of hydrogen-bond acceptors (Lipinski definition) is 8. The first kappa shape index (κ1) is 23.4. The SMILES string of the molecule is CC1(C)CC(=O)C(Cc2cn(-c3ccccc3O)nn2)(Cc2cn(-c3ccccc3O)nn2)C(=O)C1. The number of phenolic OH excluding ortho intramolecular Hbond substituents is 2. The summed E-state index contributed by atoms with van der Waals surface area (Å²) < 4.78 is 2.85. The molecule has 2 aromatic heterocycles. The molecule has 0 spiro atoms. The lowest BCUT2D eigenvalue weighted by Gasteiger charge is -2.40. The van der Waals surface area contributed by atoms with Crippen LogP contribution in [0.3, 0.4) is 0 Å². The number of hydrogen-bond donors (Lipinski definition) is 2. The Morgan fingerprint density at radius 2 is 1.17 bits per heavy atom. The van der Waals surface area contributed by atoms with Crippen LogP contribution in [0.5, 0.6) is 11.5 Å². The molecule has 4 aromatic rings. The quantitative estimate of drug-likeness (QED) is 0.397. The fourth-order valence-electron chi connectivity index (χ4n) is 4.81. The highest BCUT2D eigenvalue weighted by Gasteiger charge is 2.52. The predicted octanol–water partition coefficient (Wildman–Crippen LogP) is 2.99. The zero-order valence-corrected chi connectivity index (χ0v) is 20.0. The van der Waals surface area contributed by atoms with Crippen LogP contribution in [0.2, 0.25) is 0 Å². The van der Waals surface area contributed by atoms with E-state index in [1.807, 2.05) is 13.8 Å². The molecule has 0 aliphatic heterocycles. The van der Waals surface area contributed by atoms with Crippen LogP contribution in [0.1, 0.15) is 38.1 Å². The van der Waals surface area contributed by atoms with Crippen molar-refractivity contribution in [1.82, 2.24) is 30.0 Å². The summed E-state index contributed by atoms with van der Waals surface area (Å²) in [5.41, 5.74) is -0.00929. The average Bonchev–Trinajstić information content (AvgIpc) is 3.47. The van der Waals surface area contributed by atoms with Gasteiger partial charge >= 0.3 is 0 Å². The minimum absolute atomic E-state index is 0.0380. The predicted molar refractivity (Wildman–Crippen MR) is 129 cm³/mol. The van der Waals surface area contributed by atoms with Gasteiger partial charge in [-0.1, -0.05) is 48.5 Å². The van der Waals surface area contributed by atoms with Crippen molar-refractivity contribution in [2.45, 2.75) is 39.5 Å². The minimum atomic E-state index is -1.37. The third kappa shape index (κ3) is 4.26. The normalized spacial score (nSPS) is 16.8. The van der Waals surface area contributed by atoms with Crippen molar-refractivity contribution in [1.29, 1.82) is 0 Å². The Hall–Kier alpha value is -4.34. The van der Waals surface area contributed by atoms with Crippen LogP contribution in [0, 0.1) is 10.8 Å².